The topological polar surface area (TPSA) is 78.1 Å². The van der Waals surface area contributed by atoms with Gasteiger partial charge in [-0.1, -0.05) is 35.4 Å². The van der Waals surface area contributed by atoms with Gasteiger partial charge in [0.2, 0.25) is 0 Å². The quantitative estimate of drug-likeness (QED) is 0.178. The molecule has 2 aromatic heterocycles. The monoisotopic (exact) mass is 692 g/mol. The Morgan fingerprint density at radius 3 is 1.60 bits per heavy atom. The number of halogens is 5. The Bertz CT molecular complexity index is 2230. The summed E-state index contributed by atoms with van der Waals surface area (Å²) in [5.74, 6) is -3.36. The van der Waals surface area contributed by atoms with Gasteiger partial charge in [0.05, 0.1) is 15.3 Å². The minimum Gasteiger partial charge on any atom is -0.238 e. The van der Waals surface area contributed by atoms with Gasteiger partial charge in [-0.3, -0.25) is 0 Å². The van der Waals surface area contributed by atoms with Gasteiger partial charge in [-0.05, 0) is 72.2 Å². The summed E-state index contributed by atoms with van der Waals surface area (Å²) >= 11 is 3.14. The number of hydrogen-bond acceptors (Lipinski definition) is 4. The number of hydrogen-bond donors (Lipinski definition) is 0. The molecule has 6 rings (SSSR count). The van der Waals surface area contributed by atoms with Crippen molar-refractivity contribution in [3.8, 4) is 0 Å². The number of benzene rings is 4. The highest BCUT2D eigenvalue weighted by Crippen LogP contribution is 2.32. The van der Waals surface area contributed by atoms with Gasteiger partial charge in [0, 0.05) is 39.8 Å². The molecule has 0 amide bonds. The first-order valence-electron chi connectivity index (χ1n) is 12.5. The van der Waals surface area contributed by atoms with Crippen LogP contribution in [0.3, 0.4) is 0 Å². The third-order valence-electron chi connectivity index (χ3n) is 6.56. The third-order valence-corrected chi connectivity index (χ3v) is 10.6. The van der Waals surface area contributed by atoms with E-state index in [9.17, 15) is 34.4 Å². The zero-order valence-corrected chi connectivity index (χ0v) is 25.6. The molecule has 4 aromatic carbocycles. The standard InChI is InChI=1S/C15H10BrF2NO2S.C15H11F2NO2S/c1-9-2-4-11(5-3-9)22(20,21)19-8-13(16)12-6-10(17)7-14(18)15(12)19;1-10-2-4-13(5-3-10)21(19,20)18-7-6-11-8-12(16)9-14(17)15(11)18/h2-8H,1H3;2-9H,1H3. The maximum Gasteiger partial charge on any atom is 0.268 e. The van der Waals surface area contributed by atoms with Gasteiger partial charge in [-0.25, -0.2) is 42.3 Å². The van der Waals surface area contributed by atoms with Crippen LogP contribution in [0, 0.1) is 37.1 Å². The first-order valence-corrected chi connectivity index (χ1v) is 16.1. The van der Waals surface area contributed by atoms with Crippen molar-refractivity contribution in [3.05, 3.63) is 130 Å². The minimum absolute atomic E-state index is 0.0335. The van der Waals surface area contributed by atoms with Crippen molar-refractivity contribution in [2.24, 2.45) is 0 Å². The summed E-state index contributed by atoms with van der Waals surface area (Å²) in [6.45, 7) is 3.67. The first kappa shape index (κ1) is 30.5. The summed E-state index contributed by atoms with van der Waals surface area (Å²) < 4.78 is 107. The molecule has 0 radical (unpaired) electrons. The Balaban J connectivity index is 0.000000171. The molecule has 0 saturated carbocycles. The van der Waals surface area contributed by atoms with Crippen LogP contribution in [0.25, 0.3) is 21.8 Å². The summed E-state index contributed by atoms with van der Waals surface area (Å²) in [6.07, 6.45) is 2.45. The molecular weight excluding hydrogens is 672 g/mol. The van der Waals surface area contributed by atoms with Crippen molar-refractivity contribution >= 4 is 57.8 Å². The van der Waals surface area contributed by atoms with Crippen LogP contribution in [0.4, 0.5) is 17.6 Å². The van der Waals surface area contributed by atoms with E-state index in [0.29, 0.717) is 16.6 Å². The summed E-state index contributed by atoms with van der Waals surface area (Å²) in [6, 6.07) is 17.3. The lowest BCUT2D eigenvalue weighted by Gasteiger charge is -2.08. The first-order chi connectivity index (χ1) is 20.2. The SMILES string of the molecule is Cc1ccc(S(=O)(=O)n2cc(Br)c3cc(F)cc(F)c32)cc1.Cc1ccc(S(=O)(=O)n2ccc3cc(F)cc(F)c32)cc1. The summed E-state index contributed by atoms with van der Waals surface area (Å²) in [5.41, 5.74) is 1.48. The smallest absolute Gasteiger partial charge is 0.238 e. The van der Waals surface area contributed by atoms with Gasteiger partial charge in [-0.2, -0.15) is 0 Å². The molecule has 0 aliphatic heterocycles. The maximum absolute atomic E-state index is 14.1. The summed E-state index contributed by atoms with van der Waals surface area (Å²) in [7, 11) is -7.89. The zero-order valence-electron chi connectivity index (χ0n) is 22.4. The molecule has 0 saturated heterocycles. The highest BCUT2D eigenvalue weighted by atomic mass is 79.9. The molecule has 6 aromatic rings. The van der Waals surface area contributed by atoms with Gasteiger partial charge < -0.3 is 0 Å². The molecule has 0 aliphatic rings. The van der Waals surface area contributed by atoms with Crippen LogP contribution >= 0.6 is 15.9 Å². The molecule has 2 heterocycles. The minimum atomic E-state index is -3.97. The number of fused-ring (bicyclic) bond motifs is 2. The van der Waals surface area contributed by atoms with E-state index >= 15 is 0 Å². The van der Waals surface area contributed by atoms with Crippen LogP contribution in [0.1, 0.15) is 11.1 Å². The predicted molar refractivity (Wildman–Crippen MR) is 159 cm³/mol. The van der Waals surface area contributed by atoms with E-state index in [1.54, 1.807) is 24.3 Å². The van der Waals surface area contributed by atoms with Crippen LogP contribution in [0.5, 0.6) is 0 Å². The third kappa shape index (κ3) is 5.71. The van der Waals surface area contributed by atoms with Crippen molar-refractivity contribution in [1.82, 2.24) is 7.94 Å². The number of aryl methyl sites for hydroxylation is 2. The second-order valence-electron chi connectivity index (χ2n) is 9.63. The molecule has 0 bridgehead atoms. The van der Waals surface area contributed by atoms with Crippen molar-refractivity contribution in [1.29, 1.82) is 0 Å². The van der Waals surface area contributed by atoms with Crippen LogP contribution in [-0.2, 0) is 20.0 Å². The van der Waals surface area contributed by atoms with E-state index < -0.39 is 43.3 Å². The Morgan fingerprint density at radius 1 is 0.605 bits per heavy atom. The summed E-state index contributed by atoms with van der Waals surface area (Å²) in [5, 5.41) is 0.358. The number of aromatic nitrogens is 2. The van der Waals surface area contributed by atoms with Crippen LogP contribution in [0.15, 0.2) is 106 Å². The van der Waals surface area contributed by atoms with E-state index in [4.69, 9.17) is 0 Å². The lowest BCUT2D eigenvalue weighted by atomic mass is 10.2. The molecule has 222 valence electrons. The van der Waals surface area contributed by atoms with Gasteiger partial charge >= 0.3 is 0 Å². The second kappa shape index (κ2) is 11.3. The highest BCUT2D eigenvalue weighted by Gasteiger charge is 2.24. The van der Waals surface area contributed by atoms with E-state index in [1.807, 2.05) is 13.8 Å². The van der Waals surface area contributed by atoms with Gasteiger partial charge in [0.15, 0.2) is 11.6 Å². The van der Waals surface area contributed by atoms with Gasteiger partial charge in [0.25, 0.3) is 20.0 Å². The molecular formula is C30H21BrF4N2O4S2. The Labute approximate surface area is 253 Å². The van der Waals surface area contributed by atoms with Gasteiger partial charge in [-0.15, -0.1) is 0 Å². The molecule has 0 aliphatic carbocycles. The predicted octanol–water partition coefficient (Wildman–Crippen LogP) is 7.69. The van der Waals surface area contributed by atoms with E-state index in [-0.39, 0.29) is 31.6 Å². The molecule has 0 N–H and O–H groups in total. The molecule has 6 nitrogen and oxygen atoms in total. The fraction of sp³-hybridized carbons (Fsp3) is 0.0667. The summed E-state index contributed by atoms with van der Waals surface area (Å²) in [4.78, 5) is 0.0838. The maximum atomic E-state index is 14.1. The number of nitrogens with zero attached hydrogens (tertiary/aromatic N) is 2. The molecule has 0 unspecified atom stereocenters. The molecule has 0 fully saturated rings. The Hall–Kier alpha value is -3.94. The normalized spacial score (nSPS) is 12.0. The molecule has 43 heavy (non-hydrogen) atoms. The average Bonchev–Trinajstić information content (AvgIpc) is 3.52. The highest BCUT2D eigenvalue weighted by molar-refractivity contribution is 9.10. The Kier molecular flexibility index (Phi) is 8.01. The largest absolute Gasteiger partial charge is 0.268 e. The van der Waals surface area contributed by atoms with Crippen molar-refractivity contribution in [2.45, 2.75) is 23.6 Å². The fourth-order valence-corrected chi connectivity index (χ4v) is 7.80. The van der Waals surface area contributed by atoms with Crippen LogP contribution in [0.2, 0.25) is 0 Å². The second-order valence-corrected chi connectivity index (χ2v) is 14.1. The lowest BCUT2D eigenvalue weighted by molar-refractivity contribution is 0.579. The van der Waals surface area contributed by atoms with Crippen molar-refractivity contribution in [2.75, 3.05) is 0 Å². The average molecular weight is 694 g/mol. The molecule has 0 atom stereocenters. The molecule has 13 heteroatoms. The van der Waals surface area contributed by atoms with E-state index in [1.165, 1.54) is 42.7 Å². The number of rotatable bonds is 4. The zero-order chi connectivity index (χ0) is 31.3. The van der Waals surface area contributed by atoms with E-state index in [0.717, 1.165) is 31.2 Å². The van der Waals surface area contributed by atoms with Gasteiger partial charge in [0.1, 0.15) is 17.2 Å². The Morgan fingerprint density at radius 2 is 1.07 bits per heavy atom. The van der Waals surface area contributed by atoms with Crippen LogP contribution in [-0.4, -0.2) is 24.8 Å². The fourth-order valence-electron chi connectivity index (χ4n) is 4.41. The lowest BCUT2D eigenvalue weighted by Crippen LogP contribution is -2.12. The van der Waals surface area contributed by atoms with Crippen molar-refractivity contribution in [3.63, 3.8) is 0 Å². The van der Waals surface area contributed by atoms with E-state index in [2.05, 4.69) is 15.9 Å². The molecule has 0 spiro atoms. The van der Waals surface area contributed by atoms with Crippen molar-refractivity contribution < 1.29 is 34.4 Å². The van der Waals surface area contributed by atoms with Crippen LogP contribution < -0.4 is 0 Å².